The summed E-state index contributed by atoms with van der Waals surface area (Å²) in [5.74, 6) is 0.342. The lowest BCUT2D eigenvalue weighted by atomic mass is 10.00. The van der Waals surface area contributed by atoms with Gasteiger partial charge in [0.1, 0.15) is 5.69 Å². The first-order chi connectivity index (χ1) is 9.02. The van der Waals surface area contributed by atoms with Crippen LogP contribution >= 0.6 is 15.9 Å². The third-order valence-electron chi connectivity index (χ3n) is 3.44. The van der Waals surface area contributed by atoms with Gasteiger partial charge in [-0.05, 0) is 18.8 Å². The van der Waals surface area contributed by atoms with E-state index in [1.807, 2.05) is 0 Å². The van der Waals surface area contributed by atoms with E-state index in [1.165, 1.54) is 16.8 Å². The Morgan fingerprint density at radius 1 is 1.63 bits per heavy atom. The maximum Gasteiger partial charge on any atom is 0.287 e. The first-order valence-electron chi connectivity index (χ1n) is 6.19. The Kier molecular flexibility index (Phi) is 4.24. The first-order valence-corrected chi connectivity index (χ1v) is 7.31. The molecule has 1 amide bonds. The molecule has 104 valence electrons. The van der Waals surface area contributed by atoms with Gasteiger partial charge in [-0.15, -0.1) is 0 Å². The van der Waals surface area contributed by atoms with Crippen LogP contribution in [0.1, 0.15) is 23.3 Å². The molecule has 1 aliphatic rings. The molecule has 1 fully saturated rings. The van der Waals surface area contributed by atoms with Gasteiger partial charge in [0.2, 0.25) is 0 Å². The van der Waals surface area contributed by atoms with Gasteiger partial charge in [-0.1, -0.05) is 15.9 Å². The van der Waals surface area contributed by atoms with Crippen molar-refractivity contribution in [1.29, 1.82) is 0 Å². The van der Waals surface area contributed by atoms with Crippen LogP contribution in [0.5, 0.6) is 0 Å². The number of alkyl halides is 1. The average molecular weight is 330 g/mol. The molecule has 2 rings (SSSR count). The van der Waals surface area contributed by atoms with Crippen molar-refractivity contribution >= 4 is 27.5 Å². The number of piperidine rings is 1. The summed E-state index contributed by atoms with van der Waals surface area (Å²) in [5.41, 5.74) is 0.335. The van der Waals surface area contributed by atoms with Crippen LogP contribution < -0.4 is 0 Å². The summed E-state index contributed by atoms with van der Waals surface area (Å²) in [7, 11) is 1.66. The minimum Gasteiger partial charge on any atom is -0.340 e. The number of hydrogen-bond acceptors (Lipinski definition) is 3. The van der Waals surface area contributed by atoms with Gasteiger partial charge in [-0.3, -0.25) is 14.9 Å². The number of aromatic nitrogens is 1. The number of carbonyl (C=O) groups excluding carboxylic acids is 1. The Hall–Kier alpha value is -1.37. The highest BCUT2D eigenvalue weighted by molar-refractivity contribution is 9.09. The van der Waals surface area contributed by atoms with Crippen LogP contribution in [0.15, 0.2) is 12.3 Å². The molecular formula is C12H16BrN3O3. The van der Waals surface area contributed by atoms with Crippen LogP contribution in [0.4, 0.5) is 5.69 Å². The number of rotatable bonds is 3. The standard InChI is InChI=1S/C12H16BrN3O3/c1-14-8-10(16(18)19)5-11(14)12(17)15-4-2-3-9(6-13)7-15/h5,8-9H,2-4,6-7H2,1H3. The highest BCUT2D eigenvalue weighted by Crippen LogP contribution is 2.22. The molecular weight excluding hydrogens is 314 g/mol. The van der Waals surface area contributed by atoms with Crippen LogP contribution in [-0.4, -0.2) is 38.7 Å². The lowest BCUT2D eigenvalue weighted by Gasteiger charge is -2.31. The zero-order valence-corrected chi connectivity index (χ0v) is 12.3. The highest BCUT2D eigenvalue weighted by Gasteiger charge is 2.26. The molecule has 1 aromatic heterocycles. The molecule has 2 heterocycles. The second-order valence-corrected chi connectivity index (χ2v) is 5.51. The smallest absolute Gasteiger partial charge is 0.287 e. The van der Waals surface area contributed by atoms with Crippen molar-refractivity contribution in [3.05, 3.63) is 28.1 Å². The molecule has 0 radical (unpaired) electrons. The van der Waals surface area contributed by atoms with Crippen LogP contribution in [0.3, 0.4) is 0 Å². The number of aryl methyl sites for hydroxylation is 1. The molecule has 19 heavy (non-hydrogen) atoms. The van der Waals surface area contributed by atoms with Gasteiger partial charge in [0, 0.05) is 31.5 Å². The summed E-state index contributed by atoms with van der Waals surface area (Å²) in [6, 6.07) is 1.35. The lowest BCUT2D eigenvalue weighted by molar-refractivity contribution is -0.384. The predicted molar refractivity (Wildman–Crippen MR) is 74.5 cm³/mol. The highest BCUT2D eigenvalue weighted by atomic mass is 79.9. The molecule has 1 unspecified atom stereocenters. The maximum atomic E-state index is 12.4. The average Bonchev–Trinajstić information content (AvgIpc) is 2.80. The third kappa shape index (κ3) is 2.97. The number of halogens is 1. The van der Waals surface area contributed by atoms with Gasteiger partial charge < -0.3 is 9.47 Å². The molecule has 0 N–H and O–H groups in total. The van der Waals surface area contributed by atoms with Crippen LogP contribution in [0.25, 0.3) is 0 Å². The van der Waals surface area contributed by atoms with E-state index < -0.39 is 4.92 Å². The summed E-state index contributed by atoms with van der Waals surface area (Å²) >= 11 is 3.45. The topological polar surface area (TPSA) is 68.4 Å². The van der Waals surface area contributed by atoms with Crippen molar-refractivity contribution in [2.45, 2.75) is 12.8 Å². The summed E-state index contributed by atoms with van der Waals surface area (Å²) in [4.78, 5) is 24.4. The normalized spacial score (nSPS) is 19.5. The third-order valence-corrected chi connectivity index (χ3v) is 4.36. The van der Waals surface area contributed by atoms with Crippen molar-refractivity contribution < 1.29 is 9.72 Å². The minimum absolute atomic E-state index is 0.0418. The molecule has 1 aliphatic heterocycles. The van der Waals surface area contributed by atoms with Crippen molar-refractivity contribution in [3.63, 3.8) is 0 Å². The molecule has 1 aromatic rings. The van der Waals surface area contributed by atoms with Gasteiger partial charge in [0.05, 0.1) is 11.1 Å². The molecule has 0 bridgehead atoms. The Morgan fingerprint density at radius 2 is 2.37 bits per heavy atom. The fourth-order valence-corrected chi connectivity index (χ4v) is 2.93. The number of nitro groups is 1. The van der Waals surface area contributed by atoms with Crippen molar-refractivity contribution in [2.75, 3.05) is 18.4 Å². The summed E-state index contributed by atoms with van der Waals surface area (Å²) in [6.45, 7) is 1.43. The van der Waals surface area contributed by atoms with E-state index in [1.54, 1.807) is 11.9 Å². The predicted octanol–water partition coefficient (Wildman–Crippen LogP) is 2.18. The van der Waals surface area contributed by atoms with E-state index in [0.717, 1.165) is 24.7 Å². The van der Waals surface area contributed by atoms with E-state index in [0.29, 0.717) is 18.2 Å². The Balaban J connectivity index is 2.17. The number of nitrogens with zero attached hydrogens (tertiary/aromatic N) is 3. The van der Waals surface area contributed by atoms with E-state index in [9.17, 15) is 14.9 Å². The molecule has 7 heteroatoms. The minimum atomic E-state index is -0.478. The van der Waals surface area contributed by atoms with Crippen molar-refractivity contribution in [3.8, 4) is 0 Å². The van der Waals surface area contributed by atoms with Gasteiger partial charge in [-0.25, -0.2) is 0 Å². The van der Waals surface area contributed by atoms with Crippen molar-refractivity contribution in [2.24, 2.45) is 13.0 Å². The first kappa shape index (κ1) is 14.0. The van der Waals surface area contributed by atoms with E-state index in [4.69, 9.17) is 0 Å². The maximum absolute atomic E-state index is 12.4. The van der Waals surface area contributed by atoms with E-state index >= 15 is 0 Å². The second kappa shape index (κ2) is 5.73. The molecule has 0 aromatic carbocycles. The SMILES string of the molecule is Cn1cc([N+](=O)[O-])cc1C(=O)N1CCCC(CBr)C1. The zero-order valence-electron chi connectivity index (χ0n) is 10.7. The molecule has 0 aliphatic carbocycles. The summed E-state index contributed by atoms with van der Waals surface area (Å²) in [5, 5.41) is 11.6. The number of hydrogen-bond donors (Lipinski definition) is 0. The number of carbonyl (C=O) groups is 1. The fourth-order valence-electron chi connectivity index (χ4n) is 2.40. The van der Waals surface area contributed by atoms with Crippen LogP contribution in [-0.2, 0) is 7.05 Å². The Morgan fingerprint density at radius 3 is 2.95 bits per heavy atom. The Bertz CT molecular complexity index is 500. The Labute approximate surface area is 119 Å². The van der Waals surface area contributed by atoms with Crippen molar-refractivity contribution in [1.82, 2.24) is 9.47 Å². The molecule has 0 spiro atoms. The van der Waals surface area contributed by atoms with E-state index in [-0.39, 0.29) is 11.6 Å². The largest absolute Gasteiger partial charge is 0.340 e. The van der Waals surface area contributed by atoms with Crippen LogP contribution in [0.2, 0.25) is 0 Å². The number of amides is 1. The van der Waals surface area contributed by atoms with Gasteiger partial charge in [0.25, 0.3) is 11.6 Å². The fraction of sp³-hybridized carbons (Fsp3) is 0.583. The zero-order chi connectivity index (χ0) is 14.0. The van der Waals surface area contributed by atoms with E-state index in [2.05, 4.69) is 15.9 Å². The summed E-state index contributed by atoms with van der Waals surface area (Å²) < 4.78 is 1.53. The van der Waals surface area contributed by atoms with Gasteiger partial charge >= 0.3 is 0 Å². The monoisotopic (exact) mass is 329 g/mol. The lowest BCUT2D eigenvalue weighted by Crippen LogP contribution is -2.41. The van der Waals surface area contributed by atoms with Gasteiger partial charge in [0.15, 0.2) is 0 Å². The van der Waals surface area contributed by atoms with Gasteiger partial charge in [-0.2, -0.15) is 0 Å². The molecule has 1 atom stereocenters. The summed E-state index contributed by atoms with van der Waals surface area (Å²) in [6.07, 6.45) is 3.47. The molecule has 6 nitrogen and oxygen atoms in total. The van der Waals surface area contributed by atoms with Crippen LogP contribution in [0, 0.1) is 16.0 Å². The molecule has 0 saturated carbocycles. The second-order valence-electron chi connectivity index (χ2n) is 4.87. The molecule has 1 saturated heterocycles. The quantitative estimate of drug-likeness (QED) is 0.485. The number of likely N-dealkylation sites (tertiary alicyclic amines) is 1.